The van der Waals surface area contributed by atoms with Gasteiger partial charge < -0.3 is 4.98 Å². The van der Waals surface area contributed by atoms with Crippen LogP contribution in [-0.4, -0.2) is 9.97 Å². The number of halogens is 3. The van der Waals surface area contributed by atoms with Gasteiger partial charge in [-0.25, -0.2) is 4.98 Å². The average molecular weight is 350 g/mol. The number of aromatic nitrogens is 2. The zero-order valence-corrected chi connectivity index (χ0v) is 13.6. The third-order valence-corrected chi connectivity index (χ3v) is 4.92. The van der Waals surface area contributed by atoms with E-state index in [0.29, 0.717) is 11.3 Å². The SMILES string of the molecule is FC(F)(F)c1cccc2[nH]c(-c3cccc4c3Cc3ccccc3-4)nc12. The van der Waals surface area contributed by atoms with Crippen LogP contribution in [0.3, 0.4) is 0 Å². The van der Waals surface area contributed by atoms with Crippen LogP contribution < -0.4 is 0 Å². The summed E-state index contributed by atoms with van der Waals surface area (Å²) in [5.41, 5.74) is 5.11. The first-order chi connectivity index (χ1) is 12.5. The molecule has 0 amide bonds. The van der Waals surface area contributed by atoms with Crippen LogP contribution in [0, 0.1) is 0 Å². The van der Waals surface area contributed by atoms with Crippen LogP contribution in [0.2, 0.25) is 0 Å². The summed E-state index contributed by atoms with van der Waals surface area (Å²) in [6.07, 6.45) is -3.67. The van der Waals surface area contributed by atoms with Gasteiger partial charge in [-0.2, -0.15) is 13.2 Å². The Morgan fingerprint density at radius 1 is 0.808 bits per heavy atom. The Balaban J connectivity index is 1.71. The molecule has 26 heavy (non-hydrogen) atoms. The number of H-pyrrole nitrogens is 1. The summed E-state index contributed by atoms with van der Waals surface area (Å²) < 4.78 is 39.8. The third kappa shape index (κ3) is 2.17. The lowest BCUT2D eigenvalue weighted by Crippen LogP contribution is -2.05. The van der Waals surface area contributed by atoms with Crippen molar-refractivity contribution in [3.05, 3.63) is 77.4 Å². The van der Waals surface area contributed by atoms with E-state index < -0.39 is 11.7 Å². The Kier molecular flexibility index (Phi) is 3.04. The van der Waals surface area contributed by atoms with Crippen molar-refractivity contribution in [2.75, 3.05) is 0 Å². The number of hydrogen-bond donors (Lipinski definition) is 1. The second-order valence-corrected chi connectivity index (χ2v) is 6.45. The predicted octanol–water partition coefficient (Wildman–Crippen LogP) is 5.82. The van der Waals surface area contributed by atoms with E-state index in [1.54, 1.807) is 6.07 Å². The lowest BCUT2D eigenvalue weighted by molar-refractivity contribution is -0.136. The fourth-order valence-corrected chi connectivity index (χ4v) is 3.77. The molecule has 0 atom stereocenters. The van der Waals surface area contributed by atoms with Crippen LogP contribution in [0.1, 0.15) is 16.7 Å². The van der Waals surface area contributed by atoms with E-state index in [9.17, 15) is 13.2 Å². The van der Waals surface area contributed by atoms with Crippen LogP contribution in [0.5, 0.6) is 0 Å². The summed E-state index contributed by atoms with van der Waals surface area (Å²) in [7, 11) is 0. The highest BCUT2D eigenvalue weighted by atomic mass is 19.4. The van der Waals surface area contributed by atoms with Crippen molar-refractivity contribution in [3.8, 4) is 22.5 Å². The molecule has 0 spiro atoms. The molecule has 0 bridgehead atoms. The fourth-order valence-electron chi connectivity index (χ4n) is 3.77. The Morgan fingerprint density at radius 2 is 1.54 bits per heavy atom. The van der Waals surface area contributed by atoms with E-state index >= 15 is 0 Å². The van der Waals surface area contributed by atoms with Crippen molar-refractivity contribution in [1.29, 1.82) is 0 Å². The molecule has 0 unspecified atom stereocenters. The molecule has 1 aliphatic rings. The van der Waals surface area contributed by atoms with Gasteiger partial charge in [0.15, 0.2) is 0 Å². The molecule has 0 aliphatic heterocycles. The van der Waals surface area contributed by atoms with Crippen molar-refractivity contribution >= 4 is 11.0 Å². The Hall–Kier alpha value is -3.08. The summed E-state index contributed by atoms with van der Waals surface area (Å²) in [6.45, 7) is 0. The number of hydrogen-bond acceptors (Lipinski definition) is 1. The molecule has 1 aromatic heterocycles. The molecule has 3 aromatic carbocycles. The Morgan fingerprint density at radius 3 is 2.38 bits per heavy atom. The van der Waals surface area contributed by atoms with Crippen molar-refractivity contribution in [1.82, 2.24) is 9.97 Å². The first-order valence-corrected chi connectivity index (χ1v) is 8.29. The molecule has 0 saturated heterocycles. The van der Waals surface area contributed by atoms with E-state index in [1.807, 2.05) is 24.3 Å². The van der Waals surface area contributed by atoms with Crippen LogP contribution in [0.15, 0.2) is 60.7 Å². The van der Waals surface area contributed by atoms with Gasteiger partial charge in [0.2, 0.25) is 0 Å². The minimum Gasteiger partial charge on any atom is -0.338 e. The van der Waals surface area contributed by atoms with Crippen molar-refractivity contribution in [2.45, 2.75) is 12.6 Å². The molecular formula is C21H13F3N2. The van der Waals surface area contributed by atoms with Gasteiger partial charge in [-0.05, 0) is 40.8 Å². The van der Waals surface area contributed by atoms with E-state index in [-0.39, 0.29) is 5.52 Å². The smallest absolute Gasteiger partial charge is 0.338 e. The summed E-state index contributed by atoms with van der Waals surface area (Å²) in [5, 5.41) is 0. The second kappa shape index (κ2) is 5.21. The lowest BCUT2D eigenvalue weighted by Gasteiger charge is -2.06. The van der Waals surface area contributed by atoms with Crippen LogP contribution in [-0.2, 0) is 12.6 Å². The molecule has 0 radical (unpaired) electrons. The Labute approximate surface area is 147 Å². The van der Waals surface area contributed by atoms with Gasteiger partial charge in [0, 0.05) is 5.56 Å². The molecule has 4 aromatic rings. The van der Waals surface area contributed by atoms with Crippen molar-refractivity contribution in [3.63, 3.8) is 0 Å². The monoisotopic (exact) mass is 350 g/mol. The van der Waals surface area contributed by atoms with Crippen LogP contribution in [0.4, 0.5) is 13.2 Å². The van der Waals surface area contributed by atoms with Gasteiger partial charge in [-0.3, -0.25) is 0 Å². The summed E-state index contributed by atoms with van der Waals surface area (Å²) >= 11 is 0. The number of nitrogens with zero attached hydrogens (tertiary/aromatic N) is 1. The van der Waals surface area contributed by atoms with Gasteiger partial charge in [0.05, 0.1) is 11.1 Å². The lowest BCUT2D eigenvalue weighted by atomic mass is 10.0. The highest BCUT2D eigenvalue weighted by Crippen LogP contribution is 2.41. The van der Waals surface area contributed by atoms with E-state index in [0.717, 1.165) is 29.2 Å². The number of fused-ring (bicyclic) bond motifs is 4. The standard InChI is InChI=1S/C21H13F3N2/c22-21(23,24)17-9-4-10-18-19(17)26-20(25-18)15-8-3-7-14-13-6-2-1-5-12(13)11-16(14)15/h1-10H,11H2,(H,25,26). The first-order valence-electron chi connectivity index (χ1n) is 8.29. The van der Waals surface area contributed by atoms with Gasteiger partial charge in [0.25, 0.3) is 0 Å². The number of para-hydroxylation sites is 1. The van der Waals surface area contributed by atoms with Gasteiger partial charge in [-0.15, -0.1) is 0 Å². The van der Waals surface area contributed by atoms with E-state index in [2.05, 4.69) is 28.2 Å². The van der Waals surface area contributed by atoms with E-state index in [4.69, 9.17) is 0 Å². The maximum atomic E-state index is 13.3. The normalized spacial score (nSPS) is 13.0. The zero-order valence-electron chi connectivity index (χ0n) is 13.6. The fraction of sp³-hybridized carbons (Fsp3) is 0.0952. The molecular weight excluding hydrogens is 337 g/mol. The summed E-state index contributed by atoms with van der Waals surface area (Å²) in [6, 6.07) is 18.1. The maximum Gasteiger partial charge on any atom is 0.418 e. The highest BCUT2D eigenvalue weighted by molar-refractivity contribution is 5.87. The first kappa shape index (κ1) is 15.2. The number of imidazole rings is 1. The number of aromatic amines is 1. The van der Waals surface area contributed by atoms with Crippen LogP contribution >= 0.6 is 0 Å². The number of nitrogens with one attached hydrogen (secondary N) is 1. The van der Waals surface area contributed by atoms with Gasteiger partial charge in [0.1, 0.15) is 11.3 Å². The molecule has 1 heterocycles. The number of rotatable bonds is 1. The minimum atomic E-state index is -4.43. The quantitative estimate of drug-likeness (QED) is 0.405. The highest BCUT2D eigenvalue weighted by Gasteiger charge is 2.34. The van der Waals surface area contributed by atoms with E-state index in [1.165, 1.54) is 17.2 Å². The van der Waals surface area contributed by atoms with Crippen molar-refractivity contribution in [2.24, 2.45) is 0 Å². The molecule has 0 saturated carbocycles. The molecule has 0 fully saturated rings. The van der Waals surface area contributed by atoms with Gasteiger partial charge in [-0.1, -0.05) is 48.5 Å². The topological polar surface area (TPSA) is 28.7 Å². The number of alkyl halides is 3. The molecule has 1 aliphatic carbocycles. The van der Waals surface area contributed by atoms with Gasteiger partial charge >= 0.3 is 6.18 Å². The molecule has 5 rings (SSSR count). The average Bonchev–Trinajstić information content (AvgIpc) is 3.21. The van der Waals surface area contributed by atoms with Crippen LogP contribution in [0.25, 0.3) is 33.5 Å². The minimum absolute atomic E-state index is 0.0388. The third-order valence-electron chi connectivity index (χ3n) is 4.92. The predicted molar refractivity (Wildman–Crippen MR) is 94.8 cm³/mol. The van der Waals surface area contributed by atoms with Crippen molar-refractivity contribution < 1.29 is 13.2 Å². The summed E-state index contributed by atoms with van der Waals surface area (Å²) in [4.78, 5) is 7.38. The molecule has 5 heteroatoms. The molecule has 128 valence electrons. The summed E-state index contributed by atoms with van der Waals surface area (Å²) in [5.74, 6) is 0.473. The number of benzene rings is 3. The second-order valence-electron chi connectivity index (χ2n) is 6.45. The zero-order chi connectivity index (χ0) is 17.9. The molecule has 2 nitrogen and oxygen atoms in total. The largest absolute Gasteiger partial charge is 0.418 e. The Bertz CT molecular complexity index is 1160. The molecule has 1 N–H and O–H groups in total. The maximum absolute atomic E-state index is 13.3.